The van der Waals surface area contributed by atoms with Crippen molar-refractivity contribution in [3.05, 3.63) is 46.1 Å². The number of ether oxygens (including phenoxy) is 4. The van der Waals surface area contributed by atoms with Gasteiger partial charge >= 0.3 is 0 Å². The highest BCUT2D eigenvalue weighted by atomic mass is 16.5. The van der Waals surface area contributed by atoms with E-state index in [9.17, 15) is 4.79 Å². The van der Waals surface area contributed by atoms with Crippen LogP contribution in [0.4, 0.5) is 0 Å². The van der Waals surface area contributed by atoms with Gasteiger partial charge < -0.3 is 23.4 Å². The number of hydrogen-bond acceptors (Lipinski definition) is 6. The highest BCUT2D eigenvalue weighted by molar-refractivity contribution is 5.82. The van der Waals surface area contributed by atoms with E-state index in [1.165, 1.54) is 27.4 Å². The van der Waals surface area contributed by atoms with Crippen LogP contribution in [0.1, 0.15) is 26.3 Å². The molecule has 0 aliphatic heterocycles. The van der Waals surface area contributed by atoms with Gasteiger partial charge in [-0.1, -0.05) is 20.8 Å². The van der Waals surface area contributed by atoms with Crippen LogP contribution in [0.15, 0.2) is 39.5 Å². The molecule has 0 aliphatic carbocycles. The van der Waals surface area contributed by atoms with Crippen LogP contribution in [0, 0.1) is 0 Å². The highest BCUT2D eigenvalue weighted by Crippen LogP contribution is 2.42. The lowest BCUT2D eigenvalue weighted by Gasteiger charge is -2.22. The fourth-order valence-corrected chi connectivity index (χ4v) is 3.30. The van der Waals surface area contributed by atoms with E-state index in [4.69, 9.17) is 23.4 Å². The van der Waals surface area contributed by atoms with E-state index in [1.54, 1.807) is 25.3 Å². The van der Waals surface area contributed by atoms with Gasteiger partial charge in [0.25, 0.3) is 0 Å². The molecule has 1 aromatic heterocycles. The number of methoxy groups -OCH3 is 4. The molecule has 6 nitrogen and oxygen atoms in total. The second-order valence-electron chi connectivity index (χ2n) is 7.69. The van der Waals surface area contributed by atoms with Crippen molar-refractivity contribution in [1.29, 1.82) is 0 Å². The third-order valence-electron chi connectivity index (χ3n) is 4.81. The lowest BCUT2D eigenvalue weighted by molar-refractivity contribution is 0.324. The Hall–Kier alpha value is -3.15. The SMILES string of the molecule is COc1cc2oc(-c3cc(OC)c(OC)c(OC)c3)cc(=O)c2cc1C(C)(C)C. The predicted octanol–water partition coefficient (Wildman–Crippen LogP) is 4.79. The molecule has 2 aromatic carbocycles. The molecule has 6 heteroatoms. The van der Waals surface area contributed by atoms with Gasteiger partial charge in [-0.3, -0.25) is 4.79 Å². The fourth-order valence-electron chi connectivity index (χ4n) is 3.30. The maximum absolute atomic E-state index is 12.9. The molecule has 0 radical (unpaired) electrons. The molecule has 0 unspecified atom stereocenters. The van der Waals surface area contributed by atoms with Crippen molar-refractivity contribution in [1.82, 2.24) is 0 Å². The number of hydrogen-bond donors (Lipinski definition) is 0. The monoisotopic (exact) mass is 398 g/mol. The van der Waals surface area contributed by atoms with Crippen LogP contribution in [0.25, 0.3) is 22.3 Å². The predicted molar refractivity (Wildman–Crippen MR) is 113 cm³/mol. The molecule has 3 aromatic rings. The summed E-state index contributed by atoms with van der Waals surface area (Å²) in [5.41, 5.74) is 1.72. The summed E-state index contributed by atoms with van der Waals surface area (Å²) in [6.45, 7) is 6.22. The van der Waals surface area contributed by atoms with Crippen molar-refractivity contribution in [2.24, 2.45) is 0 Å². The van der Waals surface area contributed by atoms with E-state index in [1.807, 2.05) is 6.07 Å². The minimum absolute atomic E-state index is 0.136. The summed E-state index contributed by atoms with van der Waals surface area (Å²) in [5.74, 6) is 2.50. The Morgan fingerprint density at radius 2 is 1.34 bits per heavy atom. The Labute approximate surface area is 170 Å². The van der Waals surface area contributed by atoms with Crippen LogP contribution in [0.5, 0.6) is 23.0 Å². The van der Waals surface area contributed by atoms with Crippen LogP contribution >= 0.6 is 0 Å². The summed E-state index contributed by atoms with van der Waals surface area (Å²) in [5, 5.41) is 0.506. The summed E-state index contributed by atoms with van der Waals surface area (Å²) in [6, 6.07) is 8.57. The van der Waals surface area contributed by atoms with Crippen molar-refractivity contribution >= 4 is 11.0 Å². The van der Waals surface area contributed by atoms with E-state index in [0.29, 0.717) is 45.3 Å². The molecular formula is C23H26O6. The van der Waals surface area contributed by atoms with Gasteiger partial charge in [-0.15, -0.1) is 0 Å². The topological polar surface area (TPSA) is 67.1 Å². The van der Waals surface area contributed by atoms with E-state index >= 15 is 0 Å². The number of rotatable bonds is 5. The van der Waals surface area contributed by atoms with Gasteiger partial charge in [0.05, 0.1) is 33.8 Å². The maximum atomic E-state index is 12.9. The molecule has 0 bridgehead atoms. The molecule has 1 heterocycles. The minimum atomic E-state index is -0.179. The minimum Gasteiger partial charge on any atom is -0.496 e. The summed E-state index contributed by atoms with van der Waals surface area (Å²) >= 11 is 0. The van der Waals surface area contributed by atoms with Gasteiger partial charge in [-0.05, 0) is 23.6 Å². The Bertz CT molecular complexity index is 1080. The summed E-state index contributed by atoms with van der Waals surface area (Å²) in [6.07, 6.45) is 0. The molecule has 0 fully saturated rings. The molecular weight excluding hydrogens is 372 g/mol. The average Bonchev–Trinajstić information content (AvgIpc) is 2.70. The zero-order valence-corrected chi connectivity index (χ0v) is 17.8. The van der Waals surface area contributed by atoms with Crippen LogP contribution in [0.3, 0.4) is 0 Å². The normalized spacial score (nSPS) is 11.4. The standard InChI is InChI=1S/C23H26O6/c1-23(2,3)15-10-14-16(24)11-17(29-18(14)12-19(15)25-4)13-8-20(26-5)22(28-7)21(9-13)27-6/h8-12H,1-7H3. The van der Waals surface area contributed by atoms with Crippen molar-refractivity contribution in [3.63, 3.8) is 0 Å². The van der Waals surface area contributed by atoms with E-state index in [-0.39, 0.29) is 10.8 Å². The van der Waals surface area contributed by atoms with Gasteiger partial charge in [0.1, 0.15) is 17.1 Å². The lowest BCUT2D eigenvalue weighted by atomic mass is 9.85. The molecule has 29 heavy (non-hydrogen) atoms. The Balaban J connectivity index is 2.26. The van der Waals surface area contributed by atoms with Crippen molar-refractivity contribution in [2.45, 2.75) is 26.2 Å². The second-order valence-corrected chi connectivity index (χ2v) is 7.69. The first kappa shape index (κ1) is 20.6. The van der Waals surface area contributed by atoms with Gasteiger partial charge in [-0.25, -0.2) is 0 Å². The van der Waals surface area contributed by atoms with Crippen LogP contribution < -0.4 is 24.4 Å². The quantitative estimate of drug-likeness (QED) is 0.615. The highest BCUT2D eigenvalue weighted by Gasteiger charge is 2.22. The van der Waals surface area contributed by atoms with E-state index in [2.05, 4.69) is 20.8 Å². The second kappa shape index (κ2) is 7.70. The first-order chi connectivity index (χ1) is 13.7. The number of benzene rings is 2. The first-order valence-electron chi connectivity index (χ1n) is 9.20. The summed E-state index contributed by atoms with van der Waals surface area (Å²) in [4.78, 5) is 12.9. The molecule has 3 rings (SSSR count). The molecule has 0 amide bonds. The van der Waals surface area contributed by atoms with Gasteiger partial charge in [-0.2, -0.15) is 0 Å². The zero-order chi connectivity index (χ0) is 21.3. The van der Waals surface area contributed by atoms with Crippen LogP contribution in [-0.2, 0) is 5.41 Å². The molecule has 0 spiro atoms. The fraction of sp³-hybridized carbons (Fsp3) is 0.348. The zero-order valence-electron chi connectivity index (χ0n) is 17.8. The maximum Gasteiger partial charge on any atom is 0.203 e. The first-order valence-corrected chi connectivity index (χ1v) is 9.20. The average molecular weight is 398 g/mol. The molecule has 0 saturated heterocycles. The third-order valence-corrected chi connectivity index (χ3v) is 4.81. The van der Waals surface area contributed by atoms with Crippen LogP contribution in [-0.4, -0.2) is 28.4 Å². The van der Waals surface area contributed by atoms with Crippen LogP contribution in [0.2, 0.25) is 0 Å². The molecule has 0 N–H and O–H groups in total. The third kappa shape index (κ3) is 3.75. The Morgan fingerprint density at radius 1 is 0.759 bits per heavy atom. The summed E-state index contributed by atoms with van der Waals surface area (Å²) < 4.78 is 27.8. The largest absolute Gasteiger partial charge is 0.496 e. The summed E-state index contributed by atoms with van der Waals surface area (Å²) in [7, 11) is 6.22. The number of fused-ring (bicyclic) bond motifs is 1. The lowest BCUT2D eigenvalue weighted by Crippen LogP contribution is -2.14. The van der Waals surface area contributed by atoms with Crippen molar-refractivity contribution in [3.8, 4) is 34.3 Å². The molecule has 0 aliphatic rings. The molecule has 0 atom stereocenters. The Morgan fingerprint density at radius 3 is 1.83 bits per heavy atom. The van der Waals surface area contributed by atoms with E-state index < -0.39 is 0 Å². The van der Waals surface area contributed by atoms with E-state index in [0.717, 1.165) is 5.56 Å². The molecule has 0 saturated carbocycles. The van der Waals surface area contributed by atoms with Crippen molar-refractivity contribution < 1.29 is 23.4 Å². The smallest absolute Gasteiger partial charge is 0.203 e. The molecule has 154 valence electrons. The van der Waals surface area contributed by atoms with Crippen molar-refractivity contribution in [2.75, 3.05) is 28.4 Å². The van der Waals surface area contributed by atoms with Gasteiger partial charge in [0, 0.05) is 23.3 Å². The van der Waals surface area contributed by atoms with Gasteiger partial charge in [0.2, 0.25) is 5.75 Å². The van der Waals surface area contributed by atoms with Gasteiger partial charge in [0.15, 0.2) is 16.9 Å². The Kier molecular flexibility index (Phi) is 5.46.